The SMILES string of the molecule is Cc1cc(-c2cc3c(c(OCc4ccc(F)cn4)c2)CC(=O)CC3)cn(C)c1=O. The fraction of sp³-hybridized carbons (Fsp3) is 0.261. The smallest absolute Gasteiger partial charge is 0.253 e. The maximum Gasteiger partial charge on any atom is 0.253 e. The van der Waals surface area contributed by atoms with E-state index in [1.807, 2.05) is 12.1 Å². The van der Waals surface area contributed by atoms with E-state index in [2.05, 4.69) is 11.1 Å². The van der Waals surface area contributed by atoms with E-state index in [1.165, 1.54) is 6.07 Å². The van der Waals surface area contributed by atoms with Gasteiger partial charge in [0.1, 0.15) is 24.0 Å². The normalized spacial score (nSPS) is 13.3. The molecule has 5 nitrogen and oxygen atoms in total. The predicted molar refractivity (Wildman–Crippen MR) is 107 cm³/mol. The summed E-state index contributed by atoms with van der Waals surface area (Å²) in [5, 5.41) is 0. The van der Waals surface area contributed by atoms with Crippen molar-refractivity contribution >= 4 is 5.78 Å². The monoisotopic (exact) mass is 392 g/mol. The van der Waals surface area contributed by atoms with Gasteiger partial charge in [0.15, 0.2) is 0 Å². The third kappa shape index (κ3) is 3.97. The van der Waals surface area contributed by atoms with Gasteiger partial charge in [0.25, 0.3) is 5.56 Å². The van der Waals surface area contributed by atoms with E-state index < -0.39 is 5.82 Å². The van der Waals surface area contributed by atoms with Crippen molar-refractivity contribution in [2.45, 2.75) is 32.8 Å². The summed E-state index contributed by atoms with van der Waals surface area (Å²) in [6, 6.07) is 8.76. The van der Waals surface area contributed by atoms with Gasteiger partial charge in [-0.2, -0.15) is 0 Å². The molecule has 0 saturated carbocycles. The second kappa shape index (κ2) is 7.62. The van der Waals surface area contributed by atoms with Crippen LogP contribution in [0.1, 0.15) is 28.8 Å². The minimum atomic E-state index is -0.399. The molecule has 6 heteroatoms. The zero-order valence-corrected chi connectivity index (χ0v) is 16.4. The molecule has 0 radical (unpaired) electrons. The highest BCUT2D eigenvalue weighted by Crippen LogP contribution is 2.34. The van der Waals surface area contributed by atoms with Gasteiger partial charge in [-0.3, -0.25) is 14.6 Å². The molecule has 0 N–H and O–H groups in total. The fourth-order valence-corrected chi connectivity index (χ4v) is 3.66. The van der Waals surface area contributed by atoms with Crippen LogP contribution in [0.25, 0.3) is 11.1 Å². The van der Waals surface area contributed by atoms with Gasteiger partial charge >= 0.3 is 0 Å². The minimum absolute atomic E-state index is 0.0313. The number of carbonyl (C=O) groups excluding carboxylic acids is 1. The second-order valence-corrected chi connectivity index (χ2v) is 7.41. The summed E-state index contributed by atoms with van der Waals surface area (Å²) < 4.78 is 20.7. The summed E-state index contributed by atoms with van der Waals surface area (Å²) in [7, 11) is 1.73. The standard InChI is InChI=1S/C23H21FN2O3/c1-14-7-17(12-26(2)23(14)28)16-8-15-3-6-20(27)10-21(15)22(9-16)29-13-19-5-4-18(24)11-25-19/h4-5,7-9,11-12H,3,6,10,13H2,1-2H3. The molecule has 148 valence electrons. The van der Waals surface area contributed by atoms with Gasteiger partial charge in [-0.25, -0.2) is 4.39 Å². The number of halogens is 1. The molecule has 0 aliphatic heterocycles. The van der Waals surface area contributed by atoms with Crippen molar-refractivity contribution in [3.05, 3.63) is 81.3 Å². The number of hydrogen-bond acceptors (Lipinski definition) is 4. The lowest BCUT2D eigenvalue weighted by molar-refractivity contribution is -0.118. The van der Waals surface area contributed by atoms with Crippen LogP contribution in [-0.2, 0) is 31.3 Å². The Bertz CT molecular complexity index is 1120. The Morgan fingerprint density at radius 1 is 1.14 bits per heavy atom. The third-order valence-corrected chi connectivity index (χ3v) is 5.21. The Kier molecular flexibility index (Phi) is 5.01. The van der Waals surface area contributed by atoms with Crippen molar-refractivity contribution in [1.29, 1.82) is 0 Å². The summed E-state index contributed by atoms with van der Waals surface area (Å²) in [4.78, 5) is 28.1. The van der Waals surface area contributed by atoms with Crippen molar-refractivity contribution < 1.29 is 13.9 Å². The van der Waals surface area contributed by atoms with Crippen molar-refractivity contribution in [2.24, 2.45) is 7.05 Å². The number of rotatable bonds is 4. The summed E-state index contributed by atoms with van der Waals surface area (Å²) >= 11 is 0. The van der Waals surface area contributed by atoms with E-state index in [0.29, 0.717) is 36.3 Å². The highest BCUT2D eigenvalue weighted by molar-refractivity contribution is 5.85. The number of ketones is 1. The summed E-state index contributed by atoms with van der Waals surface area (Å²) in [5.41, 5.74) is 5.05. The number of aryl methyl sites for hydroxylation is 3. The molecule has 3 aromatic rings. The molecule has 2 aromatic heterocycles. The maximum atomic E-state index is 13.1. The number of aromatic nitrogens is 2. The predicted octanol–water partition coefficient (Wildman–Crippen LogP) is 3.53. The molecule has 1 aliphatic carbocycles. The Hall–Kier alpha value is -3.28. The highest BCUT2D eigenvalue weighted by Gasteiger charge is 2.21. The van der Waals surface area contributed by atoms with Gasteiger partial charge in [-0.1, -0.05) is 6.07 Å². The number of pyridine rings is 2. The molecule has 0 amide bonds. The lowest BCUT2D eigenvalue weighted by atomic mass is 9.87. The number of benzene rings is 1. The fourth-order valence-electron chi connectivity index (χ4n) is 3.66. The van der Waals surface area contributed by atoms with E-state index in [-0.39, 0.29) is 17.9 Å². The van der Waals surface area contributed by atoms with Crippen LogP contribution in [-0.4, -0.2) is 15.3 Å². The van der Waals surface area contributed by atoms with Crippen molar-refractivity contribution in [2.75, 3.05) is 0 Å². The molecule has 0 spiro atoms. The van der Waals surface area contributed by atoms with Crippen molar-refractivity contribution in [3.8, 4) is 16.9 Å². The number of Topliss-reactive ketones (excluding diaryl/α,β-unsaturated/α-hetero) is 1. The van der Waals surface area contributed by atoms with E-state index >= 15 is 0 Å². The van der Waals surface area contributed by atoms with Crippen LogP contribution in [0.5, 0.6) is 5.75 Å². The van der Waals surface area contributed by atoms with Crippen LogP contribution in [0.15, 0.2) is 47.5 Å². The third-order valence-electron chi connectivity index (χ3n) is 5.21. The van der Waals surface area contributed by atoms with Crippen LogP contribution in [0.4, 0.5) is 4.39 Å². The Morgan fingerprint density at radius 2 is 1.97 bits per heavy atom. The van der Waals surface area contributed by atoms with Crippen LogP contribution in [0.3, 0.4) is 0 Å². The minimum Gasteiger partial charge on any atom is -0.487 e. The van der Waals surface area contributed by atoms with Crippen molar-refractivity contribution in [1.82, 2.24) is 9.55 Å². The Balaban J connectivity index is 1.74. The Morgan fingerprint density at radius 3 is 2.69 bits per heavy atom. The van der Waals surface area contributed by atoms with Gasteiger partial charge in [0, 0.05) is 37.2 Å². The zero-order chi connectivity index (χ0) is 20.5. The molecule has 0 unspecified atom stereocenters. The van der Waals surface area contributed by atoms with E-state index in [0.717, 1.165) is 28.5 Å². The maximum absolute atomic E-state index is 13.1. The first-order valence-corrected chi connectivity index (χ1v) is 9.49. The first-order chi connectivity index (χ1) is 13.9. The topological polar surface area (TPSA) is 61.2 Å². The van der Waals surface area contributed by atoms with Gasteiger partial charge in [-0.05, 0) is 54.3 Å². The van der Waals surface area contributed by atoms with E-state index in [9.17, 15) is 14.0 Å². The number of ether oxygens (including phenoxy) is 1. The first kappa shape index (κ1) is 19.1. The molecular weight excluding hydrogens is 371 g/mol. The number of hydrogen-bond donors (Lipinski definition) is 0. The van der Waals surface area contributed by atoms with Crippen LogP contribution in [0.2, 0.25) is 0 Å². The van der Waals surface area contributed by atoms with E-state index in [1.54, 1.807) is 30.8 Å². The zero-order valence-electron chi connectivity index (χ0n) is 16.4. The average molecular weight is 392 g/mol. The summed E-state index contributed by atoms with van der Waals surface area (Å²) in [5.74, 6) is 0.417. The first-order valence-electron chi connectivity index (χ1n) is 9.49. The van der Waals surface area contributed by atoms with E-state index in [4.69, 9.17) is 4.74 Å². The summed E-state index contributed by atoms with van der Waals surface area (Å²) in [6.45, 7) is 1.97. The molecule has 1 aromatic carbocycles. The molecule has 1 aliphatic rings. The van der Waals surface area contributed by atoms with Gasteiger partial charge < -0.3 is 9.30 Å². The van der Waals surface area contributed by atoms with Gasteiger partial charge in [-0.15, -0.1) is 0 Å². The molecule has 0 bridgehead atoms. The molecule has 2 heterocycles. The molecule has 0 fully saturated rings. The second-order valence-electron chi connectivity index (χ2n) is 7.41. The number of carbonyl (C=O) groups is 1. The van der Waals surface area contributed by atoms with Crippen LogP contribution < -0.4 is 10.3 Å². The quantitative estimate of drug-likeness (QED) is 0.682. The highest BCUT2D eigenvalue weighted by atomic mass is 19.1. The molecule has 0 saturated heterocycles. The van der Waals surface area contributed by atoms with Gasteiger partial charge in [0.05, 0.1) is 11.9 Å². The van der Waals surface area contributed by atoms with Crippen LogP contribution >= 0.6 is 0 Å². The van der Waals surface area contributed by atoms with Crippen LogP contribution in [0, 0.1) is 12.7 Å². The number of fused-ring (bicyclic) bond motifs is 1. The molecule has 0 atom stereocenters. The average Bonchev–Trinajstić information content (AvgIpc) is 2.71. The van der Waals surface area contributed by atoms with Crippen molar-refractivity contribution in [3.63, 3.8) is 0 Å². The molecule has 4 rings (SSSR count). The summed E-state index contributed by atoms with van der Waals surface area (Å²) in [6.07, 6.45) is 4.48. The molecular formula is C23H21FN2O3. The molecule has 29 heavy (non-hydrogen) atoms. The Labute approximate surface area is 167 Å². The lowest BCUT2D eigenvalue weighted by Crippen LogP contribution is -2.18. The lowest BCUT2D eigenvalue weighted by Gasteiger charge is -2.21. The largest absolute Gasteiger partial charge is 0.487 e. The van der Waals surface area contributed by atoms with Gasteiger partial charge in [0.2, 0.25) is 0 Å². The number of nitrogens with zero attached hydrogens (tertiary/aromatic N) is 2.